The van der Waals surface area contributed by atoms with Gasteiger partial charge in [0, 0.05) is 28.8 Å². The van der Waals surface area contributed by atoms with Crippen molar-refractivity contribution in [3.8, 4) is 6.07 Å². The molecule has 1 aliphatic heterocycles. The zero-order valence-electron chi connectivity index (χ0n) is 16.9. The molecule has 0 spiro atoms. The van der Waals surface area contributed by atoms with Crippen molar-refractivity contribution in [2.24, 2.45) is 4.99 Å². The van der Waals surface area contributed by atoms with Gasteiger partial charge in [-0.3, -0.25) is 19.7 Å². The first-order valence-corrected chi connectivity index (χ1v) is 9.67. The number of fused-ring (bicyclic) bond motifs is 1. The van der Waals surface area contributed by atoms with E-state index in [1.165, 1.54) is 30.5 Å². The number of amidine groups is 1. The fourth-order valence-corrected chi connectivity index (χ4v) is 3.21. The number of amides is 2. The van der Waals surface area contributed by atoms with Crippen LogP contribution in [0.4, 0.5) is 5.69 Å². The lowest BCUT2D eigenvalue weighted by atomic mass is 10.0. The van der Waals surface area contributed by atoms with Crippen LogP contribution >= 0.6 is 0 Å². The Kier molecular flexibility index (Phi) is 5.77. The standard InChI is InChI=1S/C23H15N5O5/c24-12-19(23(30)25-13-16-4-3-11-33-16)20-17-5-1-2-6-18(17)21(26-20)27-22(29)14-7-9-15(10-8-14)28(31)32/h1-11H,13H2,(H,25,30)(H,26,27,29)/b20-19+. The van der Waals surface area contributed by atoms with Gasteiger partial charge in [-0.25, -0.2) is 4.99 Å². The Morgan fingerprint density at radius 3 is 2.42 bits per heavy atom. The van der Waals surface area contributed by atoms with E-state index in [4.69, 9.17) is 4.42 Å². The first-order valence-electron chi connectivity index (χ1n) is 9.67. The molecule has 0 unspecified atom stereocenters. The molecule has 162 valence electrons. The number of nitriles is 1. The predicted octanol–water partition coefficient (Wildman–Crippen LogP) is 2.93. The van der Waals surface area contributed by atoms with Crippen LogP contribution in [0.5, 0.6) is 0 Å². The molecule has 0 saturated heterocycles. The molecule has 2 aromatic carbocycles. The van der Waals surface area contributed by atoms with Crippen molar-refractivity contribution in [1.29, 1.82) is 5.26 Å². The van der Waals surface area contributed by atoms with E-state index in [1.54, 1.807) is 36.4 Å². The summed E-state index contributed by atoms with van der Waals surface area (Å²) in [4.78, 5) is 39.9. The van der Waals surface area contributed by atoms with Gasteiger partial charge in [0.05, 0.1) is 23.4 Å². The number of furan rings is 1. The third-order valence-electron chi connectivity index (χ3n) is 4.81. The Morgan fingerprint density at radius 1 is 1.06 bits per heavy atom. The molecule has 0 radical (unpaired) electrons. The van der Waals surface area contributed by atoms with Crippen LogP contribution < -0.4 is 10.6 Å². The smallest absolute Gasteiger partial charge is 0.269 e. The van der Waals surface area contributed by atoms with Gasteiger partial charge in [-0.1, -0.05) is 24.3 Å². The van der Waals surface area contributed by atoms with Crippen LogP contribution in [0.25, 0.3) is 5.70 Å². The maximum atomic E-state index is 12.7. The number of carbonyl (C=O) groups excluding carboxylic acids is 2. The molecule has 4 rings (SSSR count). The minimum atomic E-state index is -0.634. The van der Waals surface area contributed by atoms with Crippen LogP contribution in [-0.4, -0.2) is 22.6 Å². The number of nitrogens with one attached hydrogen (secondary N) is 2. The third kappa shape index (κ3) is 4.38. The largest absolute Gasteiger partial charge is 0.467 e. The second kappa shape index (κ2) is 8.99. The summed E-state index contributed by atoms with van der Waals surface area (Å²) in [6, 6.07) is 17.2. The molecule has 2 N–H and O–H groups in total. The minimum absolute atomic E-state index is 0.0966. The summed E-state index contributed by atoms with van der Waals surface area (Å²) >= 11 is 0. The number of hydrogen-bond donors (Lipinski definition) is 2. The van der Waals surface area contributed by atoms with Crippen LogP contribution in [0.1, 0.15) is 27.2 Å². The Bertz CT molecular complexity index is 1350. The molecule has 0 bridgehead atoms. The topological polar surface area (TPSA) is 151 Å². The van der Waals surface area contributed by atoms with Crippen LogP contribution in [-0.2, 0) is 11.3 Å². The normalized spacial score (nSPS) is 13.4. The molecule has 1 aromatic heterocycles. The van der Waals surface area contributed by atoms with E-state index in [1.807, 2.05) is 6.07 Å². The number of non-ortho nitro benzene ring substituents is 1. The van der Waals surface area contributed by atoms with Crippen molar-refractivity contribution in [3.63, 3.8) is 0 Å². The molecular formula is C23H15N5O5. The van der Waals surface area contributed by atoms with Gasteiger partial charge in [-0.2, -0.15) is 5.26 Å². The highest BCUT2D eigenvalue weighted by Crippen LogP contribution is 2.30. The molecule has 0 saturated carbocycles. The van der Waals surface area contributed by atoms with Crippen molar-refractivity contribution in [3.05, 3.63) is 105 Å². The zero-order chi connectivity index (χ0) is 23.4. The molecule has 10 nitrogen and oxygen atoms in total. The van der Waals surface area contributed by atoms with Gasteiger partial charge in [0.1, 0.15) is 23.2 Å². The van der Waals surface area contributed by atoms with Crippen molar-refractivity contribution in [2.75, 3.05) is 0 Å². The lowest BCUT2D eigenvalue weighted by molar-refractivity contribution is -0.384. The van der Waals surface area contributed by atoms with E-state index in [0.29, 0.717) is 16.9 Å². The van der Waals surface area contributed by atoms with Crippen LogP contribution in [0, 0.1) is 21.4 Å². The second-order valence-corrected chi connectivity index (χ2v) is 6.86. The summed E-state index contributed by atoms with van der Waals surface area (Å²) in [6.07, 6.45) is 1.47. The van der Waals surface area contributed by atoms with Crippen LogP contribution in [0.3, 0.4) is 0 Å². The van der Waals surface area contributed by atoms with Gasteiger partial charge >= 0.3 is 0 Å². The van der Waals surface area contributed by atoms with Gasteiger partial charge in [0.15, 0.2) is 0 Å². The number of nitrogens with zero attached hydrogens (tertiary/aromatic N) is 3. The average Bonchev–Trinajstić information content (AvgIpc) is 3.47. The maximum Gasteiger partial charge on any atom is 0.269 e. The average molecular weight is 441 g/mol. The highest BCUT2D eigenvalue weighted by molar-refractivity contribution is 6.20. The van der Waals surface area contributed by atoms with Crippen LogP contribution in [0.2, 0.25) is 0 Å². The van der Waals surface area contributed by atoms with Crippen molar-refractivity contribution in [2.45, 2.75) is 6.54 Å². The SMILES string of the molecule is N#C/C(C(=O)NCc1ccco1)=C1\N=C(NC(=O)c2ccc([N+](=O)[O-])cc2)c2ccccc21. The number of aliphatic imine (C=N–C) groups is 1. The Morgan fingerprint density at radius 2 is 1.79 bits per heavy atom. The lowest BCUT2D eigenvalue weighted by Gasteiger charge is -2.06. The van der Waals surface area contributed by atoms with Crippen LogP contribution in [0.15, 0.2) is 81.9 Å². The highest BCUT2D eigenvalue weighted by atomic mass is 16.6. The van der Waals surface area contributed by atoms with E-state index in [0.717, 1.165) is 0 Å². The molecule has 3 aromatic rings. The van der Waals surface area contributed by atoms with Gasteiger partial charge in [-0.15, -0.1) is 0 Å². The quantitative estimate of drug-likeness (QED) is 0.269. The van der Waals surface area contributed by atoms with E-state index in [2.05, 4.69) is 15.6 Å². The monoisotopic (exact) mass is 441 g/mol. The molecule has 10 heteroatoms. The lowest BCUT2D eigenvalue weighted by Crippen LogP contribution is -2.30. The molecule has 0 atom stereocenters. The molecule has 1 aliphatic rings. The summed E-state index contributed by atoms with van der Waals surface area (Å²) in [5, 5.41) is 25.7. The first-order chi connectivity index (χ1) is 16.0. The van der Waals surface area contributed by atoms with Gasteiger partial charge < -0.3 is 15.1 Å². The van der Waals surface area contributed by atoms with E-state index >= 15 is 0 Å². The molecule has 33 heavy (non-hydrogen) atoms. The second-order valence-electron chi connectivity index (χ2n) is 6.86. The fourth-order valence-electron chi connectivity index (χ4n) is 3.21. The fraction of sp³-hybridized carbons (Fsp3) is 0.0435. The molecular weight excluding hydrogens is 426 g/mol. The number of benzene rings is 2. The molecule has 2 heterocycles. The van der Waals surface area contributed by atoms with E-state index in [9.17, 15) is 25.0 Å². The van der Waals surface area contributed by atoms with Gasteiger partial charge in [0.25, 0.3) is 17.5 Å². The molecule has 2 amide bonds. The summed E-state index contributed by atoms with van der Waals surface area (Å²) in [6.45, 7) is 0.0966. The first kappa shape index (κ1) is 21.2. The predicted molar refractivity (Wildman–Crippen MR) is 117 cm³/mol. The number of rotatable bonds is 5. The Balaban J connectivity index is 1.62. The van der Waals surface area contributed by atoms with E-state index in [-0.39, 0.29) is 34.9 Å². The maximum absolute atomic E-state index is 12.7. The molecule has 0 aliphatic carbocycles. The number of hydrogen-bond acceptors (Lipinski definition) is 7. The molecule has 0 fully saturated rings. The third-order valence-corrected chi connectivity index (χ3v) is 4.81. The number of carbonyl (C=O) groups is 2. The van der Waals surface area contributed by atoms with Crippen molar-refractivity contribution < 1.29 is 18.9 Å². The highest BCUT2D eigenvalue weighted by Gasteiger charge is 2.27. The van der Waals surface area contributed by atoms with Crippen molar-refractivity contribution >= 4 is 29.0 Å². The van der Waals surface area contributed by atoms with E-state index < -0.39 is 16.7 Å². The van der Waals surface area contributed by atoms with Gasteiger partial charge in [-0.05, 0) is 24.3 Å². The number of nitro benzene ring substituents is 1. The summed E-state index contributed by atoms with van der Waals surface area (Å²) in [7, 11) is 0. The Labute approximate surface area is 187 Å². The number of nitro groups is 1. The summed E-state index contributed by atoms with van der Waals surface area (Å²) in [5.74, 6) is -0.488. The van der Waals surface area contributed by atoms with Crippen molar-refractivity contribution in [1.82, 2.24) is 10.6 Å². The van der Waals surface area contributed by atoms with Gasteiger partial charge in [0.2, 0.25) is 0 Å². The minimum Gasteiger partial charge on any atom is -0.467 e. The summed E-state index contributed by atoms with van der Waals surface area (Å²) < 4.78 is 5.18. The summed E-state index contributed by atoms with van der Waals surface area (Å²) in [5.41, 5.74) is 1.02. The Hall–Kier alpha value is -5.04. The zero-order valence-corrected chi connectivity index (χ0v) is 16.9.